The number of hydrogen-bond donors (Lipinski definition) is 1. The first-order chi connectivity index (χ1) is 9.16. The first kappa shape index (κ1) is 13.4. The molecule has 0 unspecified atom stereocenters. The molecule has 0 saturated carbocycles. The van der Waals surface area contributed by atoms with Crippen LogP contribution in [0.4, 0.5) is 0 Å². The molecule has 0 aliphatic heterocycles. The lowest BCUT2D eigenvalue weighted by molar-refractivity contribution is 0.853. The quantitative estimate of drug-likeness (QED) is 0.832. The summed E-state index contributed by atoms with van der Waals surface area (Å²) < 4.78 is 0. The average molecular weight is 251 g/mol. The Hall–Kier alpha value is -2.02. The molecular formula is C18H21N. The van der Waals surface area contributed by atoms with Gasteiger partial charge in [0.2, 0.25) is 0 Å². The average Bonchev–Trinajstić information content (AvgIpc) is 2.41. The topological polar surface area (TPSA) is 12.0 Å². The maximum Gasteiger partial charge on any atom is 0.0397 e. The molecule has 0 aromatic heterocycles. The van der Waals surface area contributed by atoms with Gasteiger partial charge < -0.3 is 5.32 Å². The number of benzene rings is 2. The van der Waals surface area contributed by atoms with Crippen molar-refractivity contribution in [2.75, 3.05) is 0 Å². The Bertz CT molecular complexity index is 563. The van der Waals surface area contributed by atoms with E-state index in [0.29, 0.717) is 0 Å². The van der Waals surface area contributed by atoms with Crippen molar-refractivity contribution in [1.82, 2.24) is 5.32 Å². The van der Waals surface area contributed by atoms with Crippen LogP contribution in [-0.4, -0.2) is 0 Å². The zero-order chi connectivity index (χ0) is 13.7. The van der Waals surface area contributed by atoms with E-state index in [1.54, 1.807) is 0 Å². The molecule has 0 heterocycles. The molecule has 1 heteroatoms. The van der Waals surface area contributed by atoms with Gasteiger partial charge in [-0.1, -0.05) is 54.1 Å². The van der Waals surface area contributed by atoms with Gasteiger partial charge in [0.15, 0.2) is 0 Å². The summed E-state index contributed by atoms with van der Waals surface area (Å²) in [5.41, 5.74) is 6.52. The summed E-state index contributed by atoms with van der Waals surface area (Å²) in [5, 5.41) is 3.34. The molecular weight excluding hydrogens is 230 g/mol. The second-order valence-electron chi connectivity index (χ2n) is 5.11. The van der Waals surface area contributed by atoms with Crippen molar-refractivity contribution in [3.8, 4) is 11.1 Å². The number of aryl methyl sites for hydroxylation is 1. The Morgan fingerprint density at radius 2 is 1.74 bits per heavy atom. The van der Waals surface area contributed by atoms with Crippen molar-refractivity contribution in [2.45, 2.75) is 27.3 Å². The van der Waals surface area contributed by atoms with Crippen LogP contribution in [0.3, 0.4) is 0 Å². The van der Waals surface area contributed by atoms with Gasteiger partial charge in [0.05, 0.1) is 0 Å². The second kappa shape index (κ2) is 6.24. The monoisotopic (exact) mass is 251 g/mol. The van der Waals surface area contributed by atoms with Crippen molar-refractivity contribution < 1.29 is 0 Å². The summed E-state index contributed by atoms with van der Waals surface area (Å²) in [7, 11) is 0. The molecule has 1 N–H and O–H groups in total. The summed E-state index contributed by atoms with van der Waals surface area (Å²) in [4.78, 5) is 0. The number of nitrogens with one attached hydrogen (secondary N) is 1. The molecule has 0 aliphatic rings. The zero-order valence-electron chi connectivity index (χ0n) is 11.9. The van der Waals surface area contributed by atoms with Gasteiger partial charge in [0.1, 0.15) is 0 Å². The second-order valence-corrected chi connectivity index (χ2v) is 5.11. The van der Waals surface area contributed by atoms with Crippen molar-refractivity contribution in [2.24, 2.45) is 0 Å². The Labute approximate surface area is 116 Å². The Balaban J connectivity index is 2.16. The molecule has 0 fully saturated rings. The molecule has 2 aromatic carbocycles. The predicted octanol–water partition coefficient (Wildman–Crippen LogP) is 4.68. The molecule has 19 heavy (non-hydrogen) atoms. The Morgan fingerprint density at radius 3 is 2.37 bits per heavy atom. The smallest absolute Gasteiger partial charge is 0.0397 e. The van der Waals surface area contributed by atoms with Gasteiger partial charge in [-0.2, -0.15) is 0 Å². The summed E-state index contributed by atoms with van der Waals surface area (Å²) in [6.07, 6.45) is 2.06. The lowest BCUT2D eigenvalue weighted by Gasteiger charge is -2.09. The fourth-order valence-electron chi connectivity index (χ4n) is 2.07. The van der Waals surface area contributed by atoms with E-state index in [2.05, 4.69) is 74.8 Å². The maximum atomic E-state index is 3.34. The summed E-state index contributed by atoms with van der Waals surface area (Å²) >= 11 is 0. The minimum Gasteiger partial charge on any atom is -0.387 e. The fraction of sp³-hybridized carbons (Fsp3) is 0.222. The van der Waals surface area contributed by atoms with Gasteiger partial charge in [-0.05, 0) is 49.2 Å². The maximum absolute atomic E-state index is 3.34. The summed E-state index contributed by atoms with van der Waals surface area (Å²) in [6, 6.07) is 17.2. The van der Waals surface area contributed by atoms with E-state index in [0.717, 1.165) is 6.54 Å². The molecule has 2 aromatic rings. The van der Waals surface area contributed by atoms with E-state index in [-0.39, 0.29) is 0 Å². The number of allylic oxidation sites excluding steroid dienone is 1. The summed E-state index contributed by atoms with van der Waals surface area (Å²) in [6.45, 7) is 7.24. The Morgan fingerprint density at radius 1 is 1.00 bits per heavy atom. The third kappa shape index (κ3) is 3.72. The van der Waals surface area contributed by atoms with Crippen LogP contribution < -0.4 is 5.32 Å². The van der Waals surface area contributed by atoms with E-state index >= 15 is 0 Å². The highest BCUT2D eigenvalue weighted by molar-refractivity contribution is 5.64. The van der Waals surface area contributed by atoms with Gasteiger partial charge in [-0.3, -0.25) is 0 Å². The molecule has 98 valence electrons. The van der Waals surface area contributed by atoms with Crippen molar-refractivity contribution >= 4 is 0 Å². The van der Waals surface area contributed by atoms with Crippen molar-refractivity contribution in [1.29, 1.82) is 0 Å². The van der Waals surface area contributed by atoms with E-state index in [9.17, 15) is 0 Å². The fourth-order valence-corrected chi connectivity index (χ4v) is 2.07. The van der Waals surface area contributed by atoms with Crippen LogP contribution >= 0.6 is 0 Å². The molecule has 2 rings (SSSR count). The molecule has 1 nitrogen and oxygen atoms in total. The van der Waals surface area contributed by atoms with Gasteiger partial charge in [-0.25, -0.2) is 0 Å². The van der Waals surface area contributed by atoms with Crippen LogP contribution in [0.2, 0.25) is 0 Å². The molecule has 0 aliphatic carbocycles. The first-order valence-electron chi connectivity index (χ1n) is 6.68. The third-order valence-corrected chi connectivity index (χ3v) is 3.13. The zero-order valence-corrected chi connectivity index (χ0v) is 11.9. The Kier molecular flexibility index (Phi) is 4.40. The molecule has 0 bridgehead atoms. The molecule has 0 amide bonds. The van der Waals surface area contributed by atoms with Crippen LogP contribution in [-0.2, 0) is 6.54 Å². The molecule has 0 saturated heterocycles. The first-order valence-corrected chi connectivity index (χ1v) is 6.68. The number of rotatable bonds is 4. The van der Waals surface area contributed by atoms with E-state index < -0.39 is 0 Å². The van der Waals surface area contributed by atoms with E-state index in [1.807, 2.05) is 6.07 Å². The van der Waals surface area contributed by atoms with Crippen molar-refractivity contribution in [3.63, 3.8) is 0 Å². The molecule has 0 spiro atoms. The summed E-state index contributed by atoms with van der Waals surface area (Å²) in [5.74, 6) is 0. The minimum absolute atomic E-state index is 0.881. The van der Waals surface area contributed by atoms with Crippen LogP contribution in [0.25, 0.3) is 11.1 Å². The predicted molar refractivity (Wildman–Crippen MR) is 82.9 cm³/mol. The van der Waals surface area contributed by atoms with E-state index in [1.165, 1.54) is 27.8 Å². The van der Waals surface area contributed by atoms with Crippen LogP contribution in [0.15, 0.2) is 60.3 Å². The van der Waals surface area contributed by atoms with Crippen LogP contribution in [0.1, 0.15) is 25.0 Å². The van der Waals surface area contributed by atoms with Gasteiger partial charge in [-0.15, -0.1) is 0 Å². The highest BCUT2D eigenvalue weighted by atomic mass is 14.8. The van der Waals surface area contributed by atoms with Crippen molar-refractivity contribution in [3.05, 3.63) is 71.4 Å². The minimum atomic E-state index is 0.881. The normalized spacial score (nSPS) is 10.1. The lowest BCUT2D eigenvalue weighted by Crippen LogP contribution is -2.06. The molecule has 0 radical (unpaired) electrons. The van der Waals surface area contributed by atoms with Crippen LogP contribution in [0, 0.1) is 6.92 Å². The highest BCUT2D eigenvalue weighted by Gasteiger charge is 2.01. The van der Waals surface area contributed by atoms with Gasteiger partial charge >= 0.3 is 0 Å². The van der Waals surface area contributed by atoms with E-state index in [4.69, 9.17) is 0 Å². The lowest BCUT2D eigenvalue weighted by atomic mass is 10.00. The largest absolute Gasteiger partial charge is 0.387 e. The standard InChI is InChI=1S/C18H21N/c1-14(2)12-19-13-18-10-9-17(11-15(18)3)16-7-5-4-6-8-16/h4-12,19H,13H2,1-3H3. The van der Waals surface area contributed by atoms with Gasteiger partial charge in [0.25, 0.3) is 0 Å². The molecule has 0 atom stereocenters. The van der Waals surface area contributed by atoms with Gasteiger partial charge in [0, 0.05) is 6.54 Å². The van der Waals surface area contributed by atoms with Crippen LogP contribution in [0.5, 0.6) is 0 Å². The SMILES string of the molecule is CC(C)=CNCc1ccc(-c2ccccc2)cc1C. The number of hydrogen-bond acceptors (Lipinski definition) is 1. The highest BCUT2D eigenvalue weighted by Crippen LogP contribution is 2.22. The third-order valence-electron chi connectivity index (χ3n) is 3.13.